The van der Waals surface area contributed by atoms with Crippen molar-refractivity contribution in [3.05, 3.63) is 66.2 Å². The quantitative estimate of drug-likeness (QED) is 0.440. The van der Waals surface area contributed by atoms with Gasteiger partial charge < -0.3 is 9.47 Å². The number of pyridine rings is 1. The van der Waals surface area contributed by atoms with Gasteiger partial charge in [0.15, 0.2) is 0 Å². The number of hydrogen-bond acceptors (Lipinski definition) is 4. The lowest BCUT2D eigenvalue weighted by molar-refractivity contribution is -0.275. The maximum Gasteiger partial charge on any atom is 0.573 e. The summed E-state index contributed by atoms with van der Waals surface area (Å²) in [5.74, 6) is -0.796. The predicted molar refractivity (Wildman–Crippen MR) is 97.8 cm³/mol. The van der Waals surface area contributed by atoms with Crippen molar-refractivity contribution in [1.82, 2.24) is 4.98 Å². The number of nitriles is 1. The molecule has 1 aromatic heterocycles. The highest BCUT2D eigenvalue weighted by atomic mass is 19.4. The molecule has 0 radical (unpaired) electrons. The van der Waals surface area contributed by atoms with Crippen LogP contribution in [-0.2, 0) is 6.42 Å². The number of rotatable bonds is 5. The number of nitrogens with zero attached hydrogens (tertiary/aromatic N) is 2. The summed E-state index contributed by atoms with van der Waals surface area (Å²) in [5, 5.41) is 9.02. The average Bonchev–Trinajstić information content (AvgIpc) is 2.67. The van der Waals surface area contributed by atoms with E-state index in [1.54, 1.807) is 12.1 Å². The van der Waals surface area contributed by atoms with Crippen LogP contribution in [0.1, 0.15) is 5.56 Å². The van der Waals surface area contributed by atoms with Crippen LogP contribution in [0.2, 0.25) is 0 Å². The van der Waals surface area contributed by atoms with E-state index >= 15 is 0 Å². The van der Waals surface area contributed by atoms with E-state index in [2.05, 4.69) is 14.5 Å². The van der Waals surface area contributed by atoms with Crippen molar-refractivity contribution < 1.29 is 35.8 Å². The van der Waals surface area contributed by atoms with E-state index in [4.69, 9.17) is 5.26 Å². The SMILES string of the molecule is N#CCc1cc(-c2ccc(OC(F)(F)F)cc2)nc(-c2ccc(OC(F)(F)F)cc2)c1. The van der Waals surface area contributed by atoms with Crippen molar-refractivity contribution in [3.63, 3.8) is 0 Å². The van der Waals surface area contributed by atoms with Gasteiger partial charge in [0.05, 0.1) is 23.9 Å². The molecule has 0 aliphatic carbocycles. The van der Waals surface area contributed by atoms with Gasteiger partial charge >= 0.3 is 12.7 Å². The maximum absolute atomic E-state index is 12.3. The number of hydrogen-bond donors (Lipinski definition) is 0. The number of aromatic nitrogens is 1. The van der Waals surface area contributed by atoms with Crippen molar-refractivity contribution in [2.24, 2.45) is 0 Å². The van der Waals surface area contributed by atoms with Crippen molar-refractivity contribution in [3.8, 4) is 40.1 Å². The topological polar surface area (TPSA) is 55.1 Å². The largest absolute Gasteiger partial charge is 0.573 e. The van der Waals surface area contributed by atoms with Crippen LogP contribution in [0.4, 0.5) is 26.3 Å². The molecule has 0 unspecified atom stereocenters. The first-order chi connectivity index (χ1) is 14.5. The Morgan fingerprint density at radius 1 is 0.710 bits per heavy atom. The molecule has 0 N–H and O–H groups in total. The van der Waals surface area contributed by atoms with Gasteiger partial charge in [-0.15, -0.1) is 26.3 Å². The Morgan fingerprint density at radius 2 is 1.10 bits per heavy atom. The molecule has 0 amide bonds. The van der Waals surface area contributed by atoms with Gasteiger partial charge in [-0.3, -0.25) is 0 Å². The van der Waals surface area contributed by atoms with E-state index in [1.807, 2.05) is 6.07 Å². The highest BCUT2D eigenvalue weighted by Crippen LogP contribution is 2.30. The van der Waals surface area contributed by atoms with E-state index < -0.39 is 24.2 Å². The average molecular weight is 438 g/mol. The summed E-state index contributed by atoms with van der Waals surface area (Å²) in [5.41, 5.74) is 2.25. The number of alkyl halides is 6. The van der Waals surface area contributed by atoms with Crippen LogP contribution in [0, 0.1) is 11.3 Å². The summed E-state index contributed by atoms with van der Waals surface area (Å²) in [6.45, 7) is 0. The Bertz CT molecular complexity index is 1010. The molecule has 3 aromatic rings. The Balaban J connectivity index is 1.94. The fraction of sp³-hybridized carbons (Fsp3) is 0.143. The van der Waals surface area contributed by atoms with Crippen molar-refractivity contribution in [1.29, 1.82) is 5.26 Å². The summed E-state index contributed by atoms with van der Waals surface area (Å²) >= 11 is 0. The summed E-state index contributed by atoms with van der Waals surface area (Å²) < 4.78 is 81.6. The van der Waals surface area contributed by atoms with Crippen LogP contribution < -0.4 is 9.47 Å². The Kier molecular flexibility index (Phi) is 6.06. The Morgan fingerprint density at radius 3 is 1.42 bits per heavy atom. The van der Waals surface area contributed by atoms with Gasteiger partial charge in [0.25, 0.3) is 0 Å². The molecule has 0 aliphatic rings. The fourth-order valence-corrected chi connectivity index (χ4v) is 2.73. The Labute approximate surface area is 172 Å². The lowest BCUT2D eigenvalue weighted by Crippen LogP contribution is -2.16. The van der Waals surface area contributed by atoms with Crippen LogP contribution in [0.3, 0.4) is 0 Å². The van der Waals surface area contributed by atoms with Crippen molar-refractivity contribution >= 4 is 0 Å². The van der Waals surface area contributed by atoms with E-state index in [-0.39, 0.29) is 6.42 Å². The van der Waals surface area contributed by atoms with Gasteiger partial charge in [-0.1, -0.05) is 0 Å². The lowest BCUT2D eigenvalue weighted by atomic mass is 10.0. The van der Waals surface area contributed by atoms with Crippen LogP contribution >= 0.6 is 0 Å². The zero-order chi connectivity index (χ0) is 22.6. The molecule has 2 aromatic carbocycles. The monoisotopic (exact) mass is 438 g/mol. The lowest BCUT2D eigenvalue weighted by Gasteiger charge is -2.12. The van der Waals surface area contributed by atoms with Crippen molar-refractivity contribution in [2.75, 3.05) is 0 Å². The molecular weight excluding hydrogens is 426 g/mol. The van der Waals surface area contributed by atoms with Gasteiger partial charge in [0, 0.05) is 11.1 Å². The summed E-state index contributed by atoms with van der Waals surface area (Å²) in [6.07, 6.45) is -9.60. The molecule has 0 saturated heterocycles. The first kappa shape index (κ1) is 22.0. The van der Waals surface area contributed by atoms with Gasteiger partial charge in [-0.2, -0.15) is 5.26 Å². The van der Waals surface area contributed by atoms with Crippen LogP contribution in [-0.4, -0.2) is 17.7 Å². The number of halogens is 6. The van der Waals surface area contributed by atoms with Crippen molar-refractivity contribution in [2.45, 2.75) is 19.1 Å². The van der Waals surface area contributed by atoms with E-state index in [1.165, 1.54) is 24.3 Å². The van der Waals surface area contributed by atoms with Gasteiger partial charge in [0.2, 0.25) is 0 Å². The van der Waals surface area contributed by atoms with Gasteiger partial charge in [-0.05, 0) is 66.2 Å². The van der Waals surface area contributed by atoms with Crippen LogP contribution in [0.25, 0.3) is 22.5 Å². The standard InChI is InChI=1S/C21H12F6N2O2/c22-20(23,24)30-16-5-1-14(2-6-16)18-11-13(9-10-28)12-19(29-18)15-3-7-17(8-4-15)31-21(25,26)27/h1-8,11-12H,9H2. The van der Waals surface area contributed by atoms with E-state index in [9.17, 15) is 26.3 Å². The molecule has 0 atom stereocenters. The highest BCUT2D eigenvalue weighted by Gasteiger charge is 2.31. The molecule has 160 valence electrons. The molecule has 0 saturated carbocycles. The second-order valence-corrected chi connectivity index (χ2v) is 6.23. The molecule has 10 heteroatoms. The third-order valence-electron chi connectivity index (χ3n) is 3.94. The highest BCUT2D eigenvalue weighted by molar-refractivity contribution is 5.68. The molecule has 0 spiro atoms. The van der Waals surface area contributed by atoms with Gasteiger partial charge in [0.1, 0.15) is 11.5 Å². The Hall–Kier alpha value is -3.74. The van der Waals surface area contributed by atoms with Crippen LogP contribution in [0.5, 0.6) is 11.5 Å². The fourth-order valence-electron chi connectivity index (χ4n) is 2.73. The molecule has 0 bridgehead atoms. The minimum absolute atomic E-state index is 0.0348. The number of ether oxygens (including phenoxy) is 2. The molecule has 0 fully saturated rings. The first-order valence-corrected chi connectivity index (χ1v) is 8.63. The molecule has 4 nitrogen and oxygen atoms in total. The van der Waals surface area contributed by atoms with E-state index in [0.29, 0.717) is 28.1 Å². The summed E-state index contributed by atoms with van der Waals surface area (Å²) in [6, 6.07) is 15.2. The summed E-state index contributed by atoms with van der Waals surface area (Å²) in [4.78, 5) is 4.43. The molecule has 31 heavy (non-hydrogen) atoms. The van der Waals surface area contributed by atoms with E-state index in [0.717, 1.165) is 24.3 Å². The zero-order valence-corrected chi connectivity index (χ0v) is 15.5. The maximum atomic E-state index is 12.3. The molecule has 3 rings (SSSR count). The predicted octanol–water partition coefficient (Wildman–Crippen LogP) is 6.28. The molecule has 0 aliphatic heterocycles. The van der Waals surface area contributed by atoms with Gasteiger partial charge in [-0.25, -0.2) is 4.98 Å². The molecular formula is C21H12F6N2O2. The zero-order valence-electron chi connectivity index (χ0n) is 15.5. The smallest absolute Gasteiger partial charge is 0.406 e. The normalized spacial score (nSPS) is 11.6. The first-order valence-electron chi connectivity index (χ1n) is 8.63. The molecule has 1 heterocycles. The number of benzene rings is 2. The summed E-state index contributed by atoms with van der Waals surface area (Å²) in [7, 11) is 0. The second-order valence-electron chi connectivity index (χ2n) is 6.23. The van der Waals surface area contributed by atoms with Crippen LogP contribution in [0.15, 0.2) is 60.7 Å². The minimum Gasteiger partial charge on any atom is -0.406 e. The minimum atomic E-state index is -4.82. The third-order valence-corrected chi connectivity index (χ3v) is 3.94. The third kappa shape index (κ3) is 6.37. The second kappa shape index (κ2) is 8.55.